The fourth-order valence-electron chi connectivity index (χ4n) is 3.43. The van der Waals surface area contributed by atoms with E-state index in [4.69, 9.17) is 0 Å². The Labute approximate surface area is 124 Å². The lowest BCUT2D eigenvalue weighted by atomic mass is 9.69. The summed E-state index contributed by atoms with van der Waals surface area (Å²) in [5, 5.41) is 3.81. The summed E-state index contributed by atoms with van der Waals surface area (Å²) in [5.74, 6) is 0.763. The third-order valence-corrected chi connectivity index (χ3v) is 4.59. The van der Waals surface area contributed by atoms with Gasteiger partial charge >= 0.3 is 0 Å². The van der Waals surface area contributed by atoms with E-state index in [0.717, 1.165) is 5.92 Å². The molecule has 1 aliphatic carbocycles. The maximum Gasteiger partial charge on any atom is 0.0381 e. The molecule has 0 amide bonds. The molecule has 0 saturated heterocycles. The predicted octanol–water partition coefficient (Wildman–Crippen LogP) is 4.77. The van der Waals surface area contributed by atoms with Crippen molar-refractivity contribution in [1.29, 1.82) is 0 Å². The highest BCUT2D eigenvalue weighted by Gasteiger charge is 2.33. The van der Waals surface area contributed by atoms with E-state index >= 15 is 0 Å². The Morgan fingerprint density at radius 3 is 2.45 bits per heavy atom. The smallest absolute Gasteiger partial charge is 0.0381 e. The number of nitrogens with zero attached hydrogens (tertiary/aromatic N) is 1. The first-order valence-corrected chi connectivity index (χ1v) is 7.92. The van der Waals surface area contributed by atoms with E-state index in [1.54, 1.807) is 0 Å². The number of benzene rings is 1. The first kappa shape index (κ1) is 15.2. The molecule has 1 aliphatic rings. The standard InChI is InChI=1S/C18H30N2/c1-18(2,3)16-11-6-7-12-17(16)19-14-9-8-10-15(13-14)20(4)5/h8-10,13,16-17,19H,6-7,11-12H2,1-5H3. The van der Waals surface area contributed by atoms with Gasteiger partial charge in [-0.25, -0.2) is 0 Å². The number of hydrogen-bond donors (Lipinski definition) is 1. The van der Waals surface area contributed by atoms with Crippen LogP contribution in [0.2, 0.25) is 0 Å². The first-order valence-electron chi connectivity index (χ1n) is 7.92. The fraction of sp³-hybridized carbons (Fsp3) is 0.667. The largest absolute Gasteiger partial charge is 0.382 e. The summed E-state index contributed by atoms with van der Waals surface area (Å²) >= 11 is 0. The van der Waals surface area contributed by atoms with Gasteiger partial charge in [0.25, 0.3) is 0 Å². The molecular formula is C18H30N2. The highest BCUT2D eigenvalue weighted by molar-refractivity contribution is 5.57. The molecule has 1 fully saturated rings. The summed E-state index contributed by atoms with van der Waals surface area (Å²) in [6.45, 7) is 7.15. The number of anilines is 2. The van der Waals surface area contributed by atoms with Crippen molar-refractivity contribution >= 4 is 11.4 Å². The maximum absolute atomic E-state index is 3.81. The fourth-order valence-corrected chi connectivity index (χ4v) is 3.43. The molecule has 1 aromatic rings. The van der Waals surface area contributed by atoms with Crippen LogP contribution in [0.25, 0.3) is 0 Å². The maximum atomic E-state index is 3.81. The zero-order chi connectivity index (χ0) is 14.8. The minimum atomic E-state index is 0.386. The van der Waals surface area contributed by atoms with E-state index in [2.05, 4.69) is 69.3 Å². The monoisotopic (exact) mass is 274 g/mol. The van der Waals surface area contributed by atoms with Crippen LogP contribution in [-0.4, -0.2) is 20.1 Å². The van der Waals surface area contributed by atoms with Gasteiger partial charge in [0.1, 0.15) is 0 Å². The topological polar surface area (TPSA) is 15.3 Å². The van der Waals surface area contributed by atoms with Crippen LogP contribution >= 0.6 is 0 Å². The lowest BCUT2D eigenvalue weighted by Crippen LogP contribution is -2.39. The van der Waals surface area contributed by atoms with Crippen LogP contribution in [0.4, 0.5) is 11.4 Å². The Morgan fingerprint density at radius 1 is 1.10 bits per heavy atom. The zero-order valence-corrected chi connectivity index (χ0v) is 13.7. The number of rotatable bonds is 3. The molecule has 1 saturated carbocycles. The van der Waals surface area contributed by atoms with E-state index in [1.165, 1.54) is 37.1 Å². The van der Waals surface area contributed by atoms with Gasteiger partial charge in [-0.05, 0) is 42.4 Å². The quantitative estimate of drug-likeness (QED) is 0.854. The van der Waals surface area contributed by atoms with E-state index in [0.29, 0.717) is 11.5 Å². The van der Waals surface area contributed by atoms with Crippen LogP contribution in [0.1, 0.15) is 46.5 Å². The van der Waals surface area contributed by atoms with Gasteiger partial charge in [0.15, 0.2) is 0 Å². The molecule has 0 heterocycles. The normalized spacial score (nSPS) is 23.4. The van der Waals surface area contributed by atoms with E-state index in [9.17, 15) is 0 Å². The lowest BCUT2D eigenvalue weighted by molar-refractivity contribution is 0.163. The zero-order valence-electron chi connectivity index (χ0n) is 13.7. The number of nitrogens with one attached hydrogen (secondary N) is 1. The molecule has 0 spiro atoms. The molecule has 2 nitrogen and oxygen atoms in total. The molecule has 2 unspecified atom stereocenters. The Morgan fingerprint density at radius 2 is 1.80 bits per heavy atom. The molecule has 0 bridgehead atoms. The van der Waals surface area contributed by atoms with Crippen LogP contribution in [0.5, 0.6) is 0 Å². The van der Waals surface area contributed by atoms with Gasteiger partial charge in [-0.3, -0.25) is 0 Å². The average Bonchev–Trinajstić information content (AvgIpc) is 2.38. The summed E-state index contributed by atoms with van der Waals surface area (Å²) in [5.41, 5.74) is 2.91. The third-order valence-electron chi connectivity index (χ3n) is 4.59. The second-order valence-electron chi connectivity index (χ2n) is 7.45. The highest BCUT2D eigenvalue weighted by Crippen LogP contribution is 2.39. The van der Waals surface area contributed by atoms with Crippen molar-refractivity contribution in [1.82, 2.24) is 0 Å². The summed E-state index contributed by atoms with van der Waals surface area (Å²) in [6, 6.07) is 9.37. The van der Waals surface area contributed by atoms with E-state index < -0.39 is 0 Å². The Bertz CT molecular complexity index is 431. The van der Waals surface area contributed by atoms with Crippen LogP contribution in [0.3, 0.4) is 0 Å². The van der Waals surface area contributed by atoms with E-state index in [1.807, 2.05) is 0 Å². The molecule has 0 aliphatic heterocycles. The minimum Gasteiger partial charge on any atom is -0.382 e. The van der Waals surface area contributed by atoms with Crippen LogP contribution < -0.4 is 10.2 Å². The molecule has 2 atom stereocenters. The second-order valence-corrected chi connectivity index (χ2v) is 7.45. The van der Waals surface area contributed by atoms with Gasteiger partial charge in [0, 0.05) is 31.5 Å². The minimum absolute atomic E-state index is 0.386. The van der Waals surface area contributed by atoms with Crippen LogP contribution in [0, 0.1) is 11.3 Å². The van der Waals surface area contributed by atoms with Crippen molar-refractivity contribution in [2.75, 3.05) is 24.3 Å². The molecule has 1 aromatic carbocycles. The molecule has 20 heavy (non-hydrogen) atoms. The molecule has 112 valence electrons. The van der Waals surface area contributed by atoms with Crippen molar-refractivity contribution < 1.29 is 0 Å². The summed E-state index contributed by atoms with van der Waals surface area (Å²) in [4.78, 5) is 2.16. The van der Waals surface area contributed by atoms with Crippen molar-refractivity contribution in [2.24, 2.45) is 11.3 Å². The van der Waals surface area contributed by atoms with Gasteiger partial charge in [-0.2, -0.15) is 0 Å². The van der Waals surface area contributed by atoms with Gasteiger partial charge in [-0.1, -0.05) is 39.7 Å². The molecule has 2 heteroatoms. The highest BCUT2D eigenvalue weighted by atomic mass is 15.1. The molecule has 0 radical (unpaired) electrons. The van der Waals surface area contributed by atoms with Crippen molar-refractivity contribution in [3.05, 3.63) is 24.3 Å². The molecule has 0 aromatic heterocycles. The van der Waals surface area contributed by atoms with Crippen LogP contribution in [0.15, 0.2) is 24.3 Å². The van der Waals surface area contributed by atoms with Gasteiger partial charge in [-0.15, -0.1) is 0 Å². The van der Waals surface area contributed by atoms with E-state index in [-0.39, 0.29) is 0 Å². The third kappa shape index (κ3) is 3.68. The molecule has 2 rings (SSSR count). The van der Waals surface area contributed by atoms with Crippen molar-refractivity contribution in [3.8, 4) is 0 Å². The number of hydrogen-bond acceptors (Lipinski definition) is 2. The molecular weight excluding hydrogens is 244 g/mol. The van der Waals surface area contributed by atoms with Gasteiger partial charge in [0.05, 0.1) is 0 Å². The van der Waals surface area contributed by atoms with Gasteiger partial charge < -0.3 is 10.2 Å². The second kappa shape index (κ2) is 6.07. The lowest BCUT2D eigenvalue weighted by Gasteiger charge is -2.41. The SMILES string of the molecule is CN(C)c1cccc(NC2CCCCC2C(C)(C)C)c1. The molecule has 1 N–H and O–H groups in total. The predicted molar refractivity (Wildman–Crippen MR) is 89.6 cm³/mol. The Kier molecular flexibility index (Phi) is 4.62. The van der Waals surface area contributed by atoms with Crippen molar-refractivity contribution in [3.63, 3.8) is 0 Å². The summed E-state index contributed by atoms with van der Waals surface area (Å²) in [6.07, 6.45) is 5.40. The van der Waals surface area contributed by atoms with Crippen molar-refractivity contribution in [2.45, 2.75) is 52.5 Å². The van der Waals surface area contributed by atoms with Gasteiger partial charge in [0.2, 0.25) is 0 Å². The first-order chi connectivity index (χ1) is 9.38. The Hall–Kier alpha value is -1.18. The summed E-state index contributed by atoms with van der Waals surface area (Å²) in [7, 11) is 4.19. The summed E-state index contributed by atoms with van der Waals surface area (Å²) < 4.78 is 0. The van der Waals surface area contributed by atoms with Crippen LogP contribution in [-0.2, 0) is 0 Å². The Balaban J connectivity index is 2.12. The average molecular weight is 274 g/mol.